The summed E-state index contributed by atoms with van der Waals surface area (Å²) in [6.45, 7) is 5.92. The van der Waals surface area contributed by atoms with Gasteiger partial charge in [0.1, 0.15) is 5.75 Å². The molecule has 57 heavy (non-hydrogen) atoms. The molecule has 0 saturated carbocycles. The minimum Gasteiger partial charge on any atom is -0.497 e. The summed E-state index contributed by atoms with van der Waals surface area (Å²) in [5, 5.41) is 18.4. The fraction of sp³-hybridized carbons (Fsp3) is 0.273. The van der Waals surface area contributed by atoms with Crippen LogP contribution in [0, 0.1) is 6.92 Å². The second-order valence-corrected chi connectivity index (χ2v) is 16.0. The van der Waals surface area contributed by atoms with E-state index in [0.717, 1.165) is 101 Å². The standard InChI is InChI=1S/C22H23ClN4OS.C22H23ClN4S/c1-28-18-5-3-16(4-6-18)25-22(29)26-17-9-12-27(13-10-17)21-8-11-24-20-7-2-15(23)14-19(20)21;1-15-2-5-17(6-3-15)25-22(28)26-18-9-12-27(13-10-18)21-8-11-24-20-7-4-16(23)14-19(20)21/h2-8,11,14,17H,9-10,12-13H2,1H3,(H2,25,26,29);2-8,11,14,18H,9-10,12-13H2,1H3,(H2,25,26,28). The Morgan fingerprint density at radius 2 is 1.04 bits per heavy atom. The van der Waals surface area contributed by atoms with Crippen molar-refractivity contribution in [2.45, 2.75) is 44.7 Å². The van der Waals surface area contributed by atoms with E-state index in [9.17, 15) is 0 Å². The van der Waals surface area contributed by atoms with E-state index in [4.69, 9.17) is 52.4 Å². The zero-order valence-corrected chi connectivity index (χ0v) is 35.1. The van der Waals surface area contributed by atoms with Gasteiger partial charge in [-0.1, -0.05) is 40.9 Å². The van der Waals surface area contributed by atoms with Crippen LogP contribution in [0.4, 0.5) is 22.7 Å². The molecule has 0 atom stereocenters. The Balaban J connectivity index is 0.000000174. The Hall–Kier alpha value is -4.94. The van der Waals surface area contributed by atoms with Crippen LogP contribution in [0.2, 0.25) is 10.0 Å². The summed E-state index contributed by atoms with van der Waals surface area (Å²) in [4.78, 5) is 13.7. The lowest BCUT2D eigenvalue weighted by molar-refractivity contribution is 0.415. The number of nitrogens with zero attached hydrogens (tertiary/aromatic N) is 4. The largest absolute Gasteiger partial charge is 0.497 e. The molecule has 2 aliphatic heterocycles. The van der Waals surface area contributed by atoms with Gasteiger partial charge in [-0.2, -0.15) is 0 Å². The Morgan fingerprint density at radius 1 is 0.614 bits per heavy atom. The molecule has 0 radical (unpaired) electrons. The summed E-state index contributed by atoms with van der Waals surface area (Å²) in [6, 6.07) is 32.6. The Morgan fingerprint density at radius 3 is 1.46 bits per heavy atom. The van der Waals surface area contributed by atoms with Gasteiger partial charge in [0.2, 0.25) is 0 Å². The number of pyridine rings is 2. The normalized spacial score (nSPS) is 14.7. The highest BCUT2D eigenvalue weighted by molar-refractivity contribution is 7.80. The third-order valence-electron chi connectivity index (χ3n) is 10.4. The highest BCUT2D eigenvalue weighted by Gasteiger charge is 2.23. The number of anilines is 4. The number of halogens is 2. The number of methoxy groups -OCH3 is 1. The molecule has 294 valence electrons. The van der Waals surface area contributed by atoms with E-state index in [2.05, 4.69) is 72.2 Å². The molecule has 4 aromatic carbocycles. The van der Waals surface area contributed by atoms with Crippen molar-refractivity contribution in [2.75, 3.05) is 53.7 Å². The van der Waals surface area contributed by atoms with E-state index in [1.54, 1.807) is 7.11 Å². The molecule has 9 nitrogen and oxygen atoms in total. The molecule has 2 fully saturated rings. The molecule has 0 aliphatic carbocycles. The number of fused-ring (bicyclic) bond motifs is 2. The van der Waals surface area contributed by atoms with Gasteiger partial charge >= 0.3 is 0 Å². The molecule has 0 bridgehead atoms. The van der Waals surface area contributed by atoms with Gasteiger partial charge in [-0.15, -0.1) is 0 Å². The number of benzene rings is 4. The number of aryl methyl sites for hydroxylation is 1. The van der Waals surface area contributed by atoms with E-state index in [0.29, 0.717) is 22.3 Å². The predicted octanol–water partition coefficient (Wildman–Crippen LogP) is 10.0. The van der Waals surface area contributed by atoms with Crippen LogP contribution in [-0.2, 0) is 0 Å². The number of ether oxygens (including phenoxy) is 1. The Bertz CT molecular complexity index is 2310. The van der Waals surface area contributed by atoms with Gasteiger partial charge in [0.25, 0.3) is 0 Å². The zero-order valence-electron chi connectivity index (χ0n) is 32.0. The van der Waals surface area contributed by atoms with Crippen LogP contribution in [0.15, 0.2) is 109 Å². The van der Waals surface area contributed by atoms with E-state index in [1.807, 2.05) is 85.2 Å². The van der Waals surface area contributed by atoms with Crippen LogP contribution in [-0.4, -0.2) is 65.6 Å². The molecule has 0 spiro atoms. The molecule has 2 aliphatic rings. The zero-order chi connectivity index (χ0) is 39.7. The summed E-state index contributed by atoms with van der Waals surface area (Å²) in [7, 11) is 1.66. The van der Waals surface area contributed by atoms with Crippen LogP contribution in [0.1, 0.15) is 31.2 Å². The molecular formula is C44H46Cl2N8OS2. The fourth-order valence-corrected chi connectivity index (χ4v) is 8.22. The lowest BCUT2D eigenvalue weighted by Crippen LogP contribution is -2.46. The molecule has 0 unspecified atom stereocenters. The topological polar surface area (TPSA) is 89.6 Å². The Labute approximate surface area is 355 Å². The number of hydrogen-bond acceptors (Lipinski definition) is 7. The maximum atomic E-state index is 6.21. The number of nitrogens with one attached hydrogen (secondary N) is 4. The van der Waals surface area contributed by atoms with Gasteiger partial charge in [0, 0.05) is 94.2 Å². The van der Waals surface area contributed by atoms with Crippen LogP contribution in [0.3, 0.4) is 0 Å². The summed E-state index contributed by atoms with van der Waals surface area (Å²) in [5.74, 6) is 0.826. The average Bonchev–Trinajstić information content (AvgIpc) is 3.22. The molecular weight excluding hydrogens is 792 g/mol. The van der Waals surface area contributed by atoms with E-state index in [1.165, 1.54) is 16.9 Å². The van der Waals surface area contributed by atoms with Gasteiger partial charge in [-0.25, -0.2) is 0 Å². The van der Waals surface area contributed by atoms with Gasteiger partial charge in [-0.05, 0) is 142 Å². The Kier molecular flexibility index (Phi) is 13.4. The number of piperidine rings is 2. The molecule has 2 saturated heterocycles. The van der Waals surface area contributed by atoms with Crippen molar-refractivity contribution in [3.05, 3.63) is 125 Å². The van der Waals surface area contributed by atoms with Crippen molar-refractivity contribution in [1.29, 1.82) is 0 Å². The van der Waals surface area contributed by atoms with Gasteiger partial charge < -0.3 is 35.8 Å². The van der Waals surface area contributed by atoms with Crippen molar-refractivity contribution in [3.8, 4) is 5.75 Å². The number of thiocarbonyl (C=S) groups is 2. The third kappa shape index (κ3) is 10.7. The second kappa shape index (κ2) is 19.0. The van der Waals surface area contributed by atoms with Crippen molar-refractivity contribution in [2.24, 2.45) is 0 Å². The summed E-state index contributed by atoms with van der Waals surface area (Å²) >= 11 is 23.4. The van der Waals surface area contributed by atoms with Crippen LogP contribution in [0.25, 0.3) is 21.8 Å². The first-order valence-electron chi connectivity index (χ1n) is 19.1. The second-order valence-electron chi connectivity index (χ2n) is 14.3. The monoisotopic (exact) mass is 836 g/mol. The summed E-state index contributed by atoms with van der Waals surface area (Å²) in [6.07, 6.45) is 7.81. The molecule has 2 aromatic heterocycles. The highest BCUT2D eigenvalue weighted by atomic mass is 35.5. The minimum atomic E-state index is 0.348. The van der Waals surface area contributed by atoms with Crippen LogP contribution in [0.5, 0.6) is 5.75 Å². The molecule has 4 heterocycles. The van der Waals surface area contributed by atoms with Crippen LogP contribution < -0.4 is 35.8 Å². The maximum absolute atomic E-state index is 6.21. The van der Waals surface area contributed by atoms with E-state index >= 15 is 0 Å². The van der Waals surface area contributed by atoms with Gasteiger partial charge in [-0.3, -0.25) is 9.97 Å². The van der Waals surface area contributed by atoms with Crippen LogP contribution >= 0.6 is 47.6 Å². The van der Waals surface area contributed by atoms with Crippen molar-refractivity contribution in [3.63, 3.8) is 0 Å². The first-order chi connectivity index (χ1) is 27.7. The minimum absolute atomic E-state index is 0.348. The van der Waals surface area contributed by atoms with Gasteiger partial charge in [0.15, 0.2) is 10.2 Å². The number of aromatic nitrogens is 2. The highest BCUT2D eigenvalue weighted by Crippen LogP contribution is 2.31. The fourth-order valence-electron chi connectivity index (χ4n) is 7.31. The predicted molar refractivity (Wildman–Crippen MR) is 247 cm³/mol. The molecule has 4 N–H and O–H groups in total. The third-order valence-corrected chi connectivity index (χ3v) is 11.3. The SMILES string of the molecule is COc1ccc(NC(=S)NC2CCN(c3ccnc4ccc(Cl)cc34)CC2)cc1.Cc1ccc(NC(=S)NC2CCN(c3ccnc4ccc(Cl)cc34)CC2)cc1. The summed E-state index contributed by atoms with van der Waals surface area (Å²) in [5.41, 5.74) is 7.53. The lowest BCUT2D eigenvalue weighted by atomic mass is 10.0. The number of rotatable bonds is 7. The average molecular weight is 838 g/mol. The molecule has 8 rings (SSSR count). The number of hydrogen-bond donors (Lipinski definition) is 4. The maximum Gasteiger partial charge on any atom is 0.170 e. The lowest BCUT2D eigenvalue weighted by Gasteiger charge is -2.35. The van der Waals surface area contributed by atoms with Gasteiger partial charge in [0.05, 0.1) is 18.1 Å². The van der Waals surface area contributed by atoms with E-state index in [-0.39, 0.29) is 0 Å². The summed E-state index contributed by atoms with van der Waals surface area (Å²) < 4.78 is 5.18. The molecule has 13 heteroatoms. The first kappa shape index (κ1) is 40.3. The molecule has 0 amide bonds. The smallest absolute Gasteiger partial charge is 0.170 e. The van der Waals surface area contributed by atoms with Crippen molar-refractivity contribution < 1.29 is 4.74 Å². The van der Waals surface area contributed by atoms with Crippen molar-refractivity contribution in [1.82, 2.24) is 20.6 Å². The molecule has 6 aromatic rings. The quantitative estimate of drug-likeness (QED) is 0.116. The first-order valence-corrected chi connectivity index (χ1v) is 20.7. The van der Waals surface area contributed by atoms with Crippen molar-refractivity contribution >= 4 is 102 Å². The van der Waals surface area contributed by atoms with E-state index < -0.39 is 0 Å².